The maximum absolute atomic E-state index is 13.5. The molecule has 206 valence electrons. The predicted octanol–water partition coefficient (Wildman–Crippen LogP) is 7.97. The van der Waals surface area contributed by atoms with Gasteiger partial charge < -0.3 is 13.9 Å². The lowest BCUT2D eigenvalue weighted by molar-refractivity contribution is -0.158. The zero-order valence-corrected chi connectivity index (χ0v) is 25.5. The topological polar surface area (TPSA) is 57.7 Å². The van der Waals surface area contributed by atoms with Gasteiger partial charge >= 0.3 is 5.97 Å². The molecule has 0 saturated heterocycles. The van der Waals surface area contributed by atoms with Gasteiger partial charge in [-0.1, -0.05) is 34.6 Å². The molecule has 0 aliphatic heterocycles. The van der Waals surface area contributed by atoms with Gasteiger partial charge in [0, 0.05) is 16.9 Å². The second kappa shape index (κ2) is 12.5. The molecule has 1 aromatic carbocycles. The minimum atomic E-state index is -2.17. The van der Waals surface area contributed by atoms with Gasteiger partial charge in [-0.05, 0) is 75.0 Å². The molecule has 1 aliphatic rings. The van der Waals surface area contributed by atoms with Crippen molar-refractivity contribution in [3.63, 3.8) is 0 Å². The molecule has 0 spiro atoms. The normalized spacial score (nSPS) is 22.9. The first-order valence-corrected chi connectivity index (χ1v) is 17.4. The van der Waals surface area contributed by atoms with Crippen LogP contribution in [0, 0.1) is 11.7 Å². The minimum absolute atomic E-state index is 0.0250. The lowest BCUT2D eigenvalue weighted by Gasteiger charge is -2.47. The van der Waals surface area contributed by atoms with Gasteiger partial charge in [0.1, 0.15) is 5.82 Å². The summed E-state index contributed by atoms with van der Waals surface area (Å²) in [5.41, 5.74) is 1.68. The summed E-state index contributed by atoms with van der Waals surface area (Å²) in [6.07, 6.45) is 2.66. The van der Waals surface area contributed by atoms with Crippen LogP contribution in [0.1, 0.15) is 78.2 Å². The maximum Gasteiger partial charge on any atom is 0.309 e. The van der Waals surface area contributed by atoms with Crippen molar-refractivity contribution in [2.24, 2.45) is 5.92 Å². The van der Waals surface area contributed by atoms with E-state index in [9.17, 15) is 9.18 Å². The Morgan fingerprint density at radius 1 is 1.14 bits per heavy atom. The Hall–Kier alpha value is -1.61. The second-order valence-electron chi connectivity index (χ2n) is 11.6. The Morgan fingerprint density at radius 2 is 1.78 bits per heavy atom. The average molecular weight is 550 g/mol. The summed E-state index contributed by atoms with van der Waals surface area (Å²) in [5.74, 6) is -0.822. The van der Waals surface area contributed by atoms with E-state index in [0.717, 1.165) is 29.1 Å². The highest BCUT2D eigenvalue weighted by Crippen LogP contribution is 2.46. The van der Waals surface area contributed by atoms with Crippen molar-refractivity contribution in [3.8, 4) is 11.3 Å². The minimum Gasteiger partial charge on any atom is -0.466 e. The van der Waals surface area contributed by atoms with Crippen molar-refractivity contribution in [2.45, 2.75) is 110 Å². The number of hydrogen-bond acceptors (Lipinski definition) is 6. The molecule has 3 rings (SSSR count). The molecular formula is C29H44FNO4SSi. The molecule has 4 atom stereocenters. The summed E-state index contributed by atoms with van der Waals surface area (Å²) >= 11 is 1.57. The van der Waals surface area contributed by atoms with Crippen LogP contribution in [0.15, 0.2) is 29.6 Å². The molecule has 37 heavy (non-hydrogen) atoms. The molecule has 1 heterocycles. The second-order valence-corrected chi connectivity index (χ2v) is 17.2. The van der Waals surface area contributed by atoms with Gasteiger partial charge in [0.25, 0.3) is 0 Å². The molecule has 0 amide bonds. The van der Waals surface area contributed by atoms with Crippen LogP contribution in [0.5, 0.6) is 0 Å². The third-order valence-corrected chi connectivity index (χ3v) is 13.4. The van der Waals surface area contributed by atoms with Crippen LogP contribution in [0.25, 0.3) is 11.3 Å². The molecule has 0 unspecified atom stereocenters. The third kappa shape index (κ3) is 7.28. The number of benzene rings is 1. The van der Waals surface area contributed by atoms with Gasteiger partial charge in [-0.3, -0.25) is 4.79 Å². The molecular weight excluding hydrogens is 505 g/mol. The largest absolute Gasteiger partial charge is 0.466 e. The van der Waals surface area contributed by atoms with Crippen LogP contribution >= 0.6 is 11.3 Å². The van der Waals surface area contributed by atoms with Crippen molar-refractivity contribution in [1.29, 1.82) is 0 Å². The molecule has 5 nitrogen and oxygen atoms in total. The molecule has 2 aromatic rings. The zero-order valence-electron chi connectivity index (χ0n) is 23.7. The molecule has 0 radical (unpaired) electrons. The number of halogens is 1. The summed E-state index contributed by atoms with van der Waals surface area (Å²) in [4.78, 5) is 18.0. The number of carbonyl (C=O) groups excluding carboxylic acids is 1. The Bertz CT molecular complexity index is 1020. The Kier molecular flexibility index (Phi) is 10.1. The number of carbonyl (C=O) groups is 1. The van der Waals surface area contributed by atoms with Gasteiger partial charge in [0.15, 0.2) is 8.32 Å². The van der Waals surface area contributed by atoms with Crippen molar-refractivity contribution in [1.82, 2.24) is 4.98 Å². The fourth-order valence-corrected chi connectivity index (χ4v) is 6.98. The summed E-state index contributed by atoms with van der Waals surface area (Å²) in [6, 6.07) is 6.40. The van der Waals surface area contributed by atoms with Crippen LogP contribution in [-0.4, -0.2) is 44.2 Å². The van der Waals surface area contributed by atoms with Crippen molar-refractivity contribution in [3.05, 3.63) is 40.5 Å². The number of rotatable bonds is 10. The van der Waals surface area contributed by atoms with Gasteiger partial charge in [-0.25, -0.2) is 9.37 Å². The Morgan fingerprint density at radius 3 is 2.35 bits per heavy atom. The number of aromatic nitrogens is 1. The molecule has 1 aromatic heterocycles. The highest BCUT2D eigenvalue weighted by Gasteiger charge is 2.49. The Labute approximate surface area is 227 Å². The number of esters is 1. The van der Waals surface area contributed by atoms with E-state index in [0.29, 0.717) is 19.4 Å². The summed E-state index contributed by atoms with van der Waals surface area (Å²) < 4.78 is 32.8. The van der Waals surface area contributed by atoms with Crippen LogP contribution in [0.3, 0.4) is 0 Å². The zero-order chi connectivity index (χ0) is 27.4. The Balaban J connectivity index is 2.04. The molecule has 0 bridgehead atoms. The average Bonchev–Trinajstić information content (AvgIpc) is 3.33. The molecule has 1 fully saturated rings. The number of ether oxygens (including phenoxy) is 2. The van der Waals surface area contributed by atoms with E-state index in [-0.39, 0.29) is 47.0 Å². The lowest BCUT2D eigenvalue weighted by Crippen LogP contribution is -2.53. The van der Waals surface area contributed by atoms with Gasteiger partial charge in [-0.15, -0.1) is 11.3 Å². The van der Waals surface area contributed by atoms with Crippen LogP contribution in [0.2, 0.25) is 18.1 Å². The monoisotopic (exact) mass is 549 g/mol. The smallest absolute Gasteiger partial charge is 0.309 e. The number of nitrogens with zero attached hydrogens (tertiary/aromatic N) is 1. The van der Waals surface area contributed by atoms with E-state index in [1.807, 2.05) is 12.3 Å². The van der Waals surface area contributed by atoms with E-state index in [1.54, 1.807) is 23.5 Å². The fraction of sp³-hybridized carbons (Fsp3) is 0.655. The third-order valence-electron chi connectivity index (χ3n) is 7.93. The van der Waals surface area contributed by atoms with E-state index in [2.05, 4.69) is 47.7 Å². The summed E-state index contributed by atoms with van der Waals surface area (Å²) in [6.45, 7) is 17.7. The quantitative estimate of drug-likeness (QED) is 0.222. The number of thiazole rings is 1. The standard InChI is InChI=1S/C29H44FNO4SSi/c1-9-22(10-2)34-25-17-20(28(32)33-11-3)16-23(26(25)35-37(7,8)29(4,5)6)27-31-24(18-36-27)19-12-14-21(30)15-13-19/h12-15,18,20,22-23,25-26H,9-11,16-17H2,1-8H3/t20-,23+,25-,26+/m1/s1. The van der Waals surface area contributed by atoms with E-state index >= 15 is 0 Å². The molecule has 1 saturated carbocycles. The van der Waals surface area contributed by atoms with Gasteiger partial charge in [0.2, 0.25) is 0 Å². The van der Waals surface area contributed by atoms with Crippen LogP contribution in [-0.2, 0) is 18.7 Å². The highest BCUT2D eigenvalue weighted by molar-refractivity contribution is 7.10. The van der Waals surface area contributed by atoms with E-state index in [4.69, 9.17) is 18.9 Å². The van der Waals surface area contributed by atoms with Crippen molar-refractivity contribution >= 4 is 25.6 Å². The highest BCUT2D eigenvalue weighted by atomic mass is 32.1. The summed E-state index contributed by atoms with van der Waals surface area (Å²) in [7, 11) is -2.17. The van der Waals surface area contributed by atoms with Crippen molar-refractivity contribution < 1.29 is 23.1 Å². The molecule has 0 N–H and O–H groups in total. The van der Waals surface area contributed by atoms with Crippen LogP contribution < -0.4 is 0 Å². The van der Waals surface area contributed by atoms with Crippen LogP contribution in [0.4, 0.5) is 4.39 Å². The SMILES string of the molecule is CCOC(=O)[C@@H]1C[C@H](c2nc(-c3ccc(F)cc3)cs2)[C@H](O[Si](C)(C)C(C)(C)C)[C@H](OC(CC)CC)C1. The summed E-state index contributed by atoms with van der Waals surface area (Å²) in [5, 5.41) is 2.96. The van der Waals surface area contributed by atoms with Crippen molar-refractivity contribution in [2.75, 3.05) is 6.61 Å². The molecule has 1 aliphatic carbocycles. The number of hydrogen-bond donors (Lipinski definition) is 0. The van der Waals surface area contributed by atoms with E-state index < -0.39 is 8.32 Å². The first-order chi connectivity index (χ1) is 17.4. The fourth-order valence-electron chi connectivity index (χ4n) is 4.65. The van der Waals surface area contributed by atoms with Gasteiger partial charge in [-0.2, -0.15) is 0 Å². The lowest BCUT2D eigenvalue weighted by atomic mass is 9.77. The van der Waals surface area contributed by atoms with E-state index in [1.165, 1.54) is 12.1 Å². The first-order valence-electron chi connectivity index (χ1n) is 13.6. The first kappa shape index (κ1) is 29.9. The maximum atomic E-state index is 13.5. The molecule has 8 heteroatoms. The van der Waals surface area contributed by atoms with Gasteiger partial charge in [0.05, 0.1) is 41.5 Å². The predicted molar refractivity (Wildman–Crippen MR) is 151 cm³/mol.